The molecule has 0 spiro atoms. The number of piperidine rings is 1. The molecular weight excluding hydrogens is 224 g/mol. The molecule has 2 saturated heterocycles. The van der Waals surface area contributed by atoms with Gasteiger partial charge in [-0.25, -0.2) is 0 Å². The highest BCUT2D eigenvalue weighted by molar-refractivity contribution is 6.17. The molecule has 2 aliphatic rings. The number of halogens is 1. The Morgan fingerprint density at radius 2 is 2.12 bits per heavy atom. The van der Waals surface area contributed by atoms with E-state index in [1.165, 1.54) is 25.8 Å². The van der Waals surface area contributed by atoms with Gasteiger partial charge in [-0.2, -0.15) is 0 Å². The Bertz CT molecular complexity index is 247. The normalized spacial score (nSPS) is 26.6. The van der Waals surface area contributed by atoms with Gasteiger partial charge in [0.25, 0.3) is 0 Å². The van der Waals surface area contributed by atoms with Crippen LogP contribution in [0.5, 0.6) is 0 Å². The second-order valence-corrected chi connectivity index (χ2v) is 5.20. The second-order valence-electron chi connectivity index (χ2n) is 4.82. The largest absolute Gasteiger partial charge is 0.340 e. The van der Waals surface area contributed by atoms with E-state index in [1.54, 1.807) is 0 Å². The molecule has 0 aromatic carbocycles. The zero-order valence-corrected chi connectivity index (χ0v) is 10.6. The van der Waals surface area contributed by atoms with Gasteiger partial charge >= 0.3 is 0 Å². The van der Waals surface area contributed by atoms with Gasteiger partial charge in [-0.1, -0.05) is 6.42 Å². The lowest BCUT2D eigenvalue weighted by Gasteiger charge is -2.44. The zero-order chi connectivity index (χ0) is 11.4. The number of alkyl halides is 1. The molecule has 2 aliphatic heterocycles. The van der Waals surface area contributed by atoms with Crippen LogP contribution in [-0.2, 0) is 4.79 Å². The van der Waals surface area contributed by atoms with E-state index in [-0.39, 0.29) is 0 Å². The quantitative estimate of drug-likeness (QED) is 0.706. The predicted molar refractivity (Wildman–Crippen MR) is 65.7 cm³/mol. The van der Waals surface area contributed by atoms with Crippen molar-refractivity contribution < 1.29 is 4.79 Å². The summed E-state index contributed by atoms with van der Waals surface area (Å²) in [4.78, 5) is 16.5. The van der Waals surface area contributed by atoms with Crippen LogP contribution in [0.3, 0.4) is 0 Å². The zero-order valence-electron chi connectivity index (χ0n) is 9.83. The topological polar surface area (TPSA) is 23.6 Å². The maximum Gasteiger partial charge on any atom is 0.222 e. The number of nitrogens with zero attached hydrogens (tertiary/aromatic N) is 2. The number of rotatable bonds is 3. The molecule has 0 N–H and O–H groups in total. The molecule has 2 fully saturated rings. The summed E-state index contributed by atoms with van der Waals surface area (Å²) in [5.74, 6) is 0.889. The summed E-state index contributed by atoms with van der Waals surface area (Å²) in [5.41, 5.74) is 0. The molecule has 16 heavy (non-hydrogen) atoms. The minimum atomic E-state index is 0.297. The third-order valence-corrected chi connectivity index (χ3v) is 3.98. The molecule has 0 radical (unpaired) electrons. The number of carbonyl (C=O) groups is 1. The van der Waals surface area contributed by atoms with Crippen LogP contribution in [0.2, 0.25) is 0 Å². The molecule has 0 aromatic heterocycles. The van der Waals surface area contributed by atoms with E-state index < -0.39 is 0 Å². The molecular formula is C12H21ClN2O. The van der Waals surface area contributed by atoms with Gasteiger partial charge in [-0.15, -0.1) is 11.6 Å². The molecule has 2 heterocycles. The summed E-state index contributed by atoms with van der Waals surface area (Å²) in [7, 11) is 0. The Kier molecular flexibility index (Phi) is 4.47. The number of piperazine rings is 1. The summed E-state index contributed by atoms with van der Waals surface area (Å²) >= 11 is 5.62. The summed E-state index contributed by atoms with van der Waals surface area (Å²) in [6, 6.07) is 0.627. The lowest BCUT2D eigenvalue weighted by molar-refractivity contribution is -0.134. The Morgan fingerprint density at radius 3 is 2.94 bits per heavy atom. The van der Waals surface area contributed by atoms with Crippen molar-refractivity contribution in [3.05, 3.63) is 0 Å². The second kappa shape index (κ2) is 5.87. The maximum absolute atomic E-state index is 11.9. The fraction of sp³-hybridized carbons (Fsp3) is 0.917. The monoisotopic (exact) mass is 244 g/mol. The number of amides is 1. The van der Waals surface area contributed by atoms with Gasteiger partial charge in [0.1, 0.15) is 0 Å². The molecule has 0 aromatic rings. The number of hydrogen-bond acceptors (Lipinski definition) is 2. The van der Waals surface area contributed by atoms with Gasteiger partial charge in [-0.05, 0) is 25.8 Å². The summed E-state index contributed by atoms with van der Waals surface area (Å²) in [5, 5.41) is 0. The van der Waals surface area contributed by atoms with Crippen LogP contribution in [0.25, 0.3) is 0 Å². The molecule has 0 saturated carbocycles. The number of fused-ring (bicyclic) bond motifs is 1. The number of hydrogen-bond donors (Lipinski definition) is 0. The average molecular weight is 245 g/mol. The first-order chi connectivity index (χ1) is 7.81. The molecule has 1 amide bonds. The SMILES string of the molecule is O=C(CCCCl)N1CCN2CCCCC2C1. The standard InChI is InChI=1S/C12H21ClN2O/c13-6-3-5-12(16)15-9-8-14-7-2-1-4-11(14)10-15/h11H,1-10H2. The van der Waals surface area contributed by atoms with Crippen LogP contribution in [0.15, 0.2) is 0 Å². The van der Waals surface area contributed by atoms with E-state index in [2.05, 4.69) is 4.90 Å². The molecule has 2 rings (SSSR count). The Morgan fingerprint density at radius 1 is 1.25 bits per heavy atom. The third kappa shape index (κ3) is 2.89. The van der Waals surface area contributed by atoms with Gasteiger partial charge in [0.15, 0.2) is 0 Å². The summed E-state index contributed by atoms with van der Waals surface area (Å²) in [6.45, 7) is 4.16. The lowest BCUT2D eigenvalue weighted by Crippen LogP contribution is -2.56. The predicted octanol–water partition coefficient (Wildman–Crippen LogP) is 1.70. The van der Waals surface area contributed by atoms with Crippen molar-refractivity contribution in [2.24, 2.45) is 0 Å². The van der Waals surface area contributed by atoms with E-state index in [0.29, 0.717) is 24.2 Å². The van der Waals surface area contributed by atoms with Crippen LogP contribution in [-0.4, -0.2) is 53.8 Å². The molecule has 0 aliphatic carbocycles. The van der Waals surface area contributed by atoms with E-state index in [0.717, 1.165) is 26.1 Å². The highest BCUT2D eigenvalue weighted by atomic mass is 35.5. The van der Waals surface area contributed by atoms with Crippen LogP contribution in [0.4, 0.5) is 0 Å². The van der Waals surface area contributed by atoms with Gasteiger partial charge in [0, 0.05) is 38.0 Å². The summed E-state index contributed by atoms with van der Waals surface area (Å²) in [6.07, 6.45) is 5.35. The van der Waals surface area contributed by atoms with Gasteiger partial charge < -0.3 is 4.90 Å². The first kappa shape index (κ1) is 12.2. The van der Waals surface area contributed by atoms with E-state index in [1.807, 2.05) is 4.90 Å². The maximum atomic E-state index is 11.9. The number of carbonyl (C=O) groups excluding carboxylic acids is 1. The van der Waals surface area contributed by atoms with Crippen LogP contribution >= 0.6 is 11.6 Å². The third-order valence-electron chi connectivity index (χ3n) is 3.71. The van der Waals surface area contributed by atoms with E-state index in [9.17, 15) is 4.79 Å². The van der Waals surface area contributed by atoms with Crippen molar-refractivity contribution in [1.29, 1.82) is 0 Å². The Balaban J connectivity index is 1.82. The lowest BCUT2D eigenvalue weighted by atomic mass is 9.99. The molecule has 1 unspecified atom stereocenters. The minimum Gasteiger partial charge on any atom is -0.340 e. The van der Waals surface area contributed by atoms with Gasteiger partial charge in [0.2, 0.25) is 5.91 Å². The smallest absolute Gasteiger partial charge is 0.222 e. The molecule has 3 nitrogen and oxygen atoms in total. The van der Waals surface area contributed by atoms with Crippen LogP contribution < -0.4 is 0 Å². The first-order valence-electron chi connectivity index (χ1n) is 6.39. The summed E-state index contributed by atoms with van der Waals surface area (Å²) < 4.78 is 0. The van der Waals surface area contributed by atoms with E-state index in [4.69, 9.17) is 11.6 Å². The molecule has 1 atom stereocenters. The van der Waals surface area contributed by atoms with E-state index >= 15 is 0 Å². The van der Waals surface area contributed by atoms with Gasteiger partial charge in [-0.3, -0.25) is 9.69 Å². The fourth-order valence-corrected chi connectivity index (χ4v) is 2.89. The van der Waals surface area contributed by atoms with Crippen molar-refractivity contribution >= 4 is 17.5 Å². The average Bonchev–Trinajstić information content (AvgIpc) is 2.35. The van der Waals surface area contributed by atoms with Crippen molar-refractivity contribution in [1.82, 2.24) is 9.80 Å². The fourth-order valence-electron chi connectivity index (χ4n) is 2.76. The first-order valence-corrected chi connectivity index (χ1v) is 6.92. The van der Waals surface area contributed by atoms with Gasteiger partial charge in [0.05, 0.1) is 0 Å². The van der Waals surface area contributed by atoms with Crippen molar-refractivity contribution in [2.45, 2.75) is 38.1 Å². The Hall–Kier alpha value is -0.280. The minimum absolute atomic E-state index is 0.297. The highest BCUT2D eigenvalue weighted by Gasteiger charge is 2.30. The highest BCUT2D eigenvalue weighted by Crippen LogP contribution is 2.21. The van der Waals surface area contributed by atoms with Crippen molar-refractivity contribution in [3.63, 3.8) is 0 Å². The Labute approximate surface area is 103 Å². The van der Waals surface area contributed by atoms with Crippen LogP contribution in [0, 0.1) is 0 Å². The van der Waals surface area contributed by atoms with Crippen LogP contribution in [0.1, 0.15) is 32.1 Å². The molecule has 4 heteroatoms. The van der Waals surface area contributed by atoms with Crippen molar-refractivity contribution in [3.8, 4) is 0 Å². The molecule has 92 valence electrons. The van der Waals surface area contributed by atoms with Crippen molar-refractivity contribution in [2.75, 3.05) is 32.1 Å². The molecule has 0 bridgehead atoms.